The number of cyclic esters (lactones) is 1. The summed E-state index contributed by atoms with van der Waals surface area (Å²) in [5, 5.41) is 10.4. The highest BCUT2D eigenvalue weighted by Crippen LogP contribution is 2.63. The zero-order valence-corrected chi connectivity index (χ0v) is 10.6. The summed E-state index contributed by atoms with van der Waals surface area (Å²) in [4.78, 5) is 11.7. The van der Waals surface area contributed by atoms with E-state index in [0.717, 1.165) is 19.3 Å². The van der Waals surface area contributed by atoms with Gasteiger partial charge in [-0.2, -0.15) is 0 Å². The minimum absolute atomic E-state index is 0.238. The molecule has 5 atom stereocenters. The average molecular weight is 286 g/mol. The van der Waals surface area contributed by atoms with Crippen molar-refractivity contribution in [3.63, 3.8) is 0 Å². The van der Waals surface area contributed by atoms with Gasteiger partial charge in [-0.3, -0.25) is 4.79 Å². The van der Waals surface area contributed by atoms with Gasteiger partial charge in [-0.25, -0.2) is 0 Å². The fourth-order valence-corrected chi connectivity index (χ4v) is 4.22. The number of hydrogen-bond donors (Lipinski definition) is 1. The molecule has 1 heterocycles. The molecule has 1 aliphatic heterocycles. The Hall–Kier alpha value is 0.300. The molecule has 0 radical (unpaired) electrons. The van der Waals surface area contributed by atoms with Crippen LogP contribution in [0, 0.1) is 23.7 Å². The number of halogens is 3. The predicted molar refractivity (Wildman–Crippen MR) is 59.1 cm³/mol. The quantitative estimate of drug-likeness (QED) is 0.548. The first-order chi connectivity index (χ1) is 7.34. The van der Waals surface area contributed by atoms with Crippen LogP contribution in [0.1, 0.15) is 19.3 Å². The predicted octanol–water partition coefficient (Wildman–Crippen LogP) is 2.26. The highest BCUT2D eigenvalue weighted by atomic mass is 35.6. The molecule has 1 saturated heterocycles. The number of alkyl halides is 3. The van der Waals surface area contributed by atoms with E-state index in [1.807, 2.05) is 0 Å². The lowest BCUT2D eigenvalue weighted by atomic mass is 9.77. The molecule has 6 heteroatoms. The Morgan fingerprint density at radius 2 is 1.94 bits per heavy atom. The van der Waals surface area contributed by atoms with Gasteiger partial charge in [-0.1, -0.05) is 34.8 Å². The lowest BCUT2D eigenvalue weighted by Gasteiger charge is -2.36. The normalized spacial score (nSPS) is 50.6. The molecule has 16 heavy (non-hydrogen) atoms. The minimum Gasteiger partial charge on any atom is -0.428 e. The van der Waals surface area contributed by atoms with E-state index in [2.05, 4.69) is 0 Å². The molecule has 3 aliphatic rings. The molecular formula is C10H11Cl3O3. The Balaban J connectivity index is 2.02. The highest BCUT2D eigenvalue weighted by Gasteiger charge is 2.71. The fraction of sp³-hybridized carbons (Fsp3) is 0.900. The molecule has 0 spiro atoms. The summed E-state index contributed by atoms with van der Waals surface area (Å²) in [7, 11) is 0. The maximum atomic E-state index is 11.7. The molecule has 0 aromatic carbocycles. The molecule has 2 saturated carbocycles. The number of esters is 1. The fourth-order valence-electron chi connectivity index (χ4n) is 3.73. The molecule has 0 amide bonds. The van der Waals surface area contributed by atoms with E-state index in [1.165, 1.54) is 0 Å². The number of carbonyl (C=O) groups excluding carboxylic acids is 1. The standard InChI is InChI=1S/C10H11Cl3O3/c11-10(12,13)9(15)7-5-2-1-4(3-5)6(7)8(14)16-9/h4-7,15H,1-3H2/t4-,5-,6+,7+,9+/m0/s1. The van der Waals surface area contributed by atoms with Crippen molar-refractivity contribution in [1.29, 1.82) is 0 Å². The van der Waals surface area contributed by atoms with Gasteiger partial charge in [0.05, 0.1) is 5.92 Å². The maximum absolute atomic E-state index is 11.7. The first-order valence-electron chi connectivity index (χ1n) is 5.36. The largest absolute Gasteiger partial charge is 0.428 e. The van der Waals surface area contributed by atoms with E-state index in [0.29, 0.717) is 5.92 Å². The number of aliphatic hydroxyl groups is 1. The topological polar surface area (TPSA) is 46.5 Å². The molecule has 90 valence electrons. The second kappa shape index (κ2) is 3.19. The van der Waals surface area contributed by atoms with E-state index in [9.17, 15) is 9.90 Å². The minimum atomic E-state index is -1.98. The van der Waals surface area contributed by atoms with Crippen LogP contribution in [0.25, 0.3) is 0 Å². The van der Waals surface area contributed by atoms with Crippen LogP contribution in [0.3, 0.4) is 0 Å². The van der Waals surface area contributed by atoms with E-state index in [4.69, 9.17) is 39.5 Å². The third kappa shape index (κ3) is 1.23. The van der Waals surface area contributed by atoms with Crippen LogP contribution >= 0.6 is 34.8 Å². The molecule has 0 aromatic rings. The summed E-state index contributed by atoms with van der Waals surface area (Å²) < 4.78 is 3.00. The van der Waals surface area contributed by atoms with Crippen LogP contribution in [-0.4, -0.2) is 20.7 Å². The van der Waals surface area contributed by atoms with Gasteiger partial charge < -0.3 is 9.84 Å². The summed E-state index contributed by atoms with van der Waals surface area (Å²) in [5.74, 6) is -2.46. The summed E-state index contributed by atoms with van der Waals surface area (Å²) in [6, 6.07) is 0. The Bertz CT molecular complexity index is 354. The highest BCUT2D eigenvalue weighted by molar-refractivity contribution is 6.68. The third-order valence-corrected chi connectivity index (χ3v) is 5.12. The number of rotatable bonds is 0. The molecule has 3 fully saturated rings. The SMILES string of the molecule is O=C1O[C@@](O)(C(Cl)(Cl)Cl)[C@@H]2[C@H]3CC[C@@H](C3)[C@@H]12. The molecule has 0 unspecified atom stereocenters. The molecule has 0 aromatic heterocycles. The number of carbonyl (C=O) groups is 1. The van der Waals surface area contributed by atoms with Gasteiger partial charge in [0.2, 0.25) is 0 Å². The second-order valence-corrected chi connectivity index (χ2v) is 7.28. The van der Waals surface area contributed by atoms with Crippen molar-refractivity contribution in [3.05, 3.63) is 0 Å². The van der Waals surface area contributed by atoms with Gasteiger partial charge >= 0.3 is 5.97 Å². The van der Waals surface area contributed by atoms with Gasteiger partial charge in [0.15, 0.2) is 0 Å². The lowest BCUT2D eigenvalue weighted by Crippen LogP contribution is -2.50. The number of hydrogen-bond acceptors (Lipinski definition) is 3. The van der Waals surface area contributed by atoms with Crippen LogP contribution in [0.15, 0.2) is 0 Å². The smallest absolute Gasteiger partial charge is 0.312 e. The lowest BCUT2D eigenvalue weighted by molar-refractivity contribution is -0.204. The van der Waals surface area contributed by atoms with Crippen molar-refractivity contribution in [2.75, 3.05) is 0 Å². The van der Waals surface area contributed by atoms with Crippen LogP contribution in [0.4, 0.5) is 0 Å². The molecule has 1 N–H and O–H groups in total. The van der Waals surface area contributed by atoms with Crippen LogP contribution < -0.4 is 0 Å². The van der Waals surface area contributed by atoms with Gasteiger partial charge in [0, 0.05) is 5.92 Å². The Labute approximate surface area is 108 Å². The van der Waals surface area contributed by atoms with Crippen LogP contribution in [-0.2, 0) is 9.53 Å². The molecule has 2 aliphatic carbocycles. The number of fused-ring (bicyclic) bond motifs is 5. The third-order valence-electron chi connectivity index (χ3n) is 4.30. The van der Waals surface area contributed by atoms with E-state index in [-0.39, 0.29) is 17.8 Å². The van der Waals surface area contributed by atoms with Gasteiger partial charge in [0.25, 0.3) is 9.58 Å². The summed E-state index contributed by atoms with van der Waals surface area (Å²) in [6.45, 7) is 0. The van der Waals surface area contributed by atoms with Crippen molar-refractivity contribution in [3.8, 4) is 0 Å². The van der Waals surface area contributed by atoms with Crippen molar-refractivity contribution < 1.29 is 14.6 Å². The van der Waals surface area contributed by atoms with Crippen molar-refractivity contribution in [2.24, 2.45) is 23.7 Å². The van der Waals surface area contributed by atoms with Crippen molar-refractivity contribution in [2.45, 2.75) is 28.8 Å². The first kappa shape index (κ1) is 11.4. The van der Waals surface area contributed by atoms with E-state index < -0.39 is 15.5 Å². The maximum Gasteiger partial charge on any atom is 0.312 e. The summed E-state index contributed by atoms with van der Waals surface area (Å²) in [5.41, 5.74) is 0. The van der Waals surface area contributed by atoms with E-state index in [1.54, 1.807) is 0 Å². The number of ether oxygens (including phenoxy) is 1. The zero-order valence-electron chi connectivity index (χ0n) is 8.33. The van der Waals surface area contributed by atoms with Crippen LogP contribution in [0.2, 0.25) is 0 Å². The van der Waals surface area contributed by atoms with Gasteiger partial charge in [0.1, 0.15) is 0 Å². The van der Waals surface area contributed by atoms with Crippen molar-refractivity contribution in [1.82, 2.24) is 0 Å². The Morgan fingerprint density at radius 3 is 2.56 bits per heavy atom. The second-order valence-electron chi connectivity index (χ2n) is 5.00. The van der Waals surface area contributed by atoms with Gasteiger partial charge in [-0.15, -0.1) is 0 Å². The van der Waals surface area contributed by atoms with Crippen molar-refractivity contribution >= 4 is 40.8 Å². The van der Waals surface area contributed by atoms with Crippen LogP contribution in [0.5, 0.6) is 0 Å². The first-order valence-corrected chi connectivity index (χ1v) is 6.50. The Kier molecular flexibility index (Phi) is 2.27. The Morgan fingerprint density at radius 1 is 1.31 bits per heavy atom. The summed E-state index contributed by atoms with van der Waals surface area (Å²) in [6.07, 6.45) is 2.93. The molecule has 3 rings (SSSR count). The monoisotopic (exact) mass is 284 g/mol. The summed E-state index contributed by atoms with van der Waals surface area (Å²) >= 11 is 17.3. The molecular weight excluding hydrogens is 274 g/mol. The molecule has 3 nitrogen and oxygen atoms in total. The van der Waals surface area contributed by atoms with E-state index >= 15 is 0 Å². The molecule has 2 bridgehead atoms. The average Bonchev–Trinajstić information content (AvgIpc) is 2.77. The van der Waals surface area contributed by atoms with Gasteiger partial charge in [-0.05, 0) is 31.1 Å². The zero-order chi connectivity index (χ0) is 11.7.